The van der Waals surface area contributed by atoms with E-state index in [1.54, 1.807) is 18.2 Å². The van der Waals surface area contributed by atoms with Crippen LogP contribution in [0.2, 0.25) is 5.02 Å². The zero-order valence-electron chi connectivity index (χ0n) is 8.64. The molecule has 15 heavy (non-hydrogen) atoms. The van der Waals surface area contributed by atoms with E-state index in [-0.39, 0.29) is 10.8 Å². The molecule has 0 saturated heterocycles. The van der Waals surface area contributed by atoms with Crippen LogP contribution in [0.1, 0.15) is 12.5 Å². The first-order valence-corrected chi connectivity index (χ1v) is 6.40. The number of alkyl halides is 1. The zero-order chi connectivity index (χ0) is 11.3. The lowest BCUT2D eigenvalue weighted by Crippen LogP contribution is -2.25. The molecule has 0 aliphatic heterocycles. The van der Waals surface area contributed by atoms with Gasteiger partial charge in [-0.15, -0.1) is 0 Å². The molecule has 0 aliphatic rings. The highest BCUT2D eigenvalue weighted by molar-refractivity contribution is 9.09. The molecule has 0 radical (unpaired) electrons. The van der Waals surface area contributed by atoms with Gasteiger partial charge in [0.25, 0.3) is 0 Å². The van der Waals surface area contributed by atoms with Crippen molar-refractivity contribution < 1.29 is 4.39 Å². The van der Waals surface area contributed by atoms with Crippen LogP contribution in [0.15, 0.2) is 18.2 Å². The van der Waals surface area contributed by atoms with Crippen LogP contribution in [0.3, 0.4) is 0 Å². The van der Waals surface area contributed by atoms with Gasteiger partial charge in [0.2, 0.25) is 0 Å². The first-order valence-electron chi connectivity index (χ1n) is 4.90. The fourth-order valence-electron chi connectivity index (χ4n) is 1.38. The van der Waals surface area contributed by atoms with E-state index in [0.717, 1.165) is 18.4 Å². The Morgan fingerprint density at radius 2 is 2.20 bits per heavy atom. The number of nitrogens with zero attached hydrogens (tertiary/aromatic N) is 1. The summed E-state index contributed by atoms with van der Waals surface area (Å²) in [6, 6.07) is 5.13. The Kier molecular flexibility index (Phi) is 5.58. The first-order chi connectivity index (χ1) is 7.19. The van der Waals surface area contributed by atoms with E-state index in [2.05, 4.69) is 27.8 Å². The minimum atomic E-state index is -0.299. The summed E-state index contributed by atoms with van der Waals surface area (Å²) in [4.78, 5) is 2.16. The summed E-state index contributed by atoms with van der Waals surface area (Å²) in [5, 5.41) is 1.09. The number of hydrogen-bond acceptors (Lipinski definition) is 1. The lowest BCUT2D eigenvalue weighted by Gasteiger charge is -2.19. The van der Waals surface area contributed by atoms with Crippen molar-refractivity contribution in [1.82, 2.24) is 4.90 Å². The van der Waals surface area contributed by atoms with E-state index in [1.165, 1.54) is 0 Å². The highest BCUT2D eigenvalue weighted by Gasteiger charge is 2.09. The molecule has 0 spiro atoms. The minimum Gasteiger partial charge on any atom is -0.298 e. The molecule has 0 bridgehead atoms. The lowest BCUT2D eigenvalue weighted by atomic mass is 10.2. The molecule has 1 rings (SSSR count). The second-order valence-corrected chi connectivity index (χ2v) is 4.47. The van der Waals surface area contributed by atoms with Crippen molar-refractivity contribution >= 4 is 27.5 Å². The van der Waals surface area contributed by atoms with Crippen molar-refractivity contribution in [2.75, 3.05) is 18.4 Å². The second kappa shape index (κ2) is 6.46. The van der Waals surface area contributed by atoms with Crippen LogP contribution in [0.4, 0.5) is 4.39 Å². The Hall–Kier alpha value is -0.120. The molecule has 0 aliphatic carbocycles. The molecule has 4 heteroatoms. The van der Waals surface area contributed by atoms with Gasteiger partial charge in [-0.1, -0.05) is 46.6 Å². The standard InChI is InChI=1S/C11H14BrClFN/c1-2-15(7-6-12)8-9-4-3-5-10(13)11(9)14/h3-5H,2,6-8H2,1H3. The van der Waals surface area contributed by atoms with E-state index in [0.29, 0.717) is 12.1 Å². The maximum Gasteiger partial charge on any atom is 0.146 e. The van der Waals surface area contributed by atoms with E-state index in [1.807, 2.05) is 0 Å². The van der Waals surface area contributed by atoms with Crippen LogP contribution in [-0.4, -0.2) is 23.3 Å². The van der Waals surface area contributed by atoms with Gasteiger partial charge in [0.1, 0.15) is 5.82 Å². The van der Waals surface area contributed by atoms with Gasteiger partial charge in [-0.05, 0) is 12.6 Å². The largest absolute Gasteiger partial charge is 0.298 e. The summed E-state index contributed by atoms with van der Waals surface area (Å²) in [5.74, 6) is -0.299. The topological polar surface area (TPSA) is 3.24 Å². The van der Waals surface area contributed by atoms with Crippen LogP contribution >= 0.6 is 27.5 Å². The molecule has 0 saturated carbocycles. The zero-order valence-corrected chi connectivity index (χ0v) is 11.0. The molecule has 0 unspecified atom stereocenters. The maximum absolute atomic E-state index is 13.6. The Labute approximate surface area is 103 Å². The van der Waals surface area contributed by atoms with Crippen molar-refractivity contribution in [3.63, 3.8) is 0 Å². The average molecular weight is 295 g/mol. The third kappa shape index (κ3) is 3.74. The summed E-state index contributed by atoms with van der Waals surface area (Å²) in [6.45, 7) is 4.47. The fraction of sp³-hybridized carbons (Fsp3) is 0.455. The van der Waals surface area contributed by atoms with Crippen LogP contribution in [0.5, 0.6) is 0 Å². The molecule has 0 N–H and O–H groups in total. The predicted molar refractivity (Wildman–Crippen MR) is 66.2 cm³/mol. The summed E-state index contributed by atoms with van der Waals surface area (Å²) in [7, 11) is 0. The summed E-state index contributed by atoms with van der Waals surface area (Å²) in [6.07, 6.45) is 0. The van der Waals surface area contributed by atoms with Gasteiger partial charge in [0.15, 0.2) is 0 Å². The van der Waals surface area contributed by atoms with Crippen LogP contribution in [0, 0.1) is 5.82 Å². The van der Waals surface area contributed by atoms with Gasteiger partial charge in [0.05, 0.1) is 5.02 Å². The molecule has 84 valence electrons. The fourth-order valence-corrected chi connectivity index (χ4v) is 2.08. The second-order valence-electron chi connectivity index (χ2n) is 3.27. The van der Waals surface area contributed by atoms with Crippen molar-refractivity contribution in [2.45, 2.75) is 13.5 Å². The number of hydrogen-bond donors (Lipinski definition) is 0. The Morgan fingerprint density at radius 3 is 2.80 bits per heavy atom. The van der Waals surface area contributed by atoms with Gasteiger partial charge in [-0.3, -0.25) is 4.90 Å². The van der Waals surface area contributed by atoms with Gasteiger partial charge < -0.3 is 0 Å². The molecule has 1 nitrogen and oxygen atoms in total. The smallest absolute Gasteiger partial charge is 0.146 e. The highest BCUT2D eigenvalue weighted by Crippen LogP contribution is 2.19. The van der Waals surface area contributed by atoms with Crippen molar-refractivity contribution in [3.05, 3.63) is 34.6 Å². The van der Waals surface area contributed by atoms with Crippen molar-refractivity contribution in [3.8, 4) is 0 Å². The molecule has 0 heterocycles. The van der Waals surface area contributed by atoms with E-state index >= 15 is 0 Å². The Balaban J connectivity index is 2.74. The highest BCUT2D eigenvalue weighted by atomic mass is 79.9. The summed E-state index contributed by atoms with van der Waals surface area (Å²) < 4.78 is 13.6. The van der Waals surface area contributed by atoms with Gasteiger partial charge >= 0.3 is 0 Å². The van der Waals surface area contributed by atoms with E-state index < -0.39 is 0 Å². The van der Waals surface area contributed by atoms with Gasteiger partial charge in [0, 0.05) is 24.0 Å². The Bertz CT molecular complexity index is 319. The third-order valence-corrected chi connectivity index (χ3v) is 2.92. The molecule has 0 atom stereocenters. The van der Waals surface area contributed by atoms with Crippen molar-refractivity contribution in [2.24, 2.45) is 0 Å². The minimum absolute atomic E-state index is 0.197. The SMILES string of the molecule is CCN(CCBr)Cc1cccc(Cl)c1F. The van der Waals surface area contributed by atoms with Gasteiger partial charge in [-0.25, -0.2) is 4.39 Å². The van der Waals surface area contributed by atoms with Crippen LogP contribution in [-0.2, 0) is 6.54 Å². The molecule has 1 aromatic rings. The lowest BCUT2D eigenvalue weighted by molar-refractivity contribution is 0.294. The first kappa shape index (κ1) is 12.9. The Morgan fingerprint density at radius 1 is 1.47 bits per heavy atom. The molecule has 0 fully saturated rings. The molecule has 1 aromatic carbocycles. The number of halogens is 3. The average Bonchev–Trinajstić information content (AvgIpc) is 2.24. The quantitative estimate of drug-likeness (QED) is 0.749. The van der Waals surface area contributed by atoms with E-state index in [4.69, 9.17) is 11.6 Å². The molecular weight excluding hydrogens is 280 g/mol. The normalized spacial score (nSPS) is 11.0. The molecule has 0 amide bonds. The van der Waals surface area contributed by atoms with Crippen LogP contribution < -0.4 is 0 Å². The maximum atomic E-state index is 13.6. The van der Waals surface area contributed by atoms with Gasteiger partial charge in [-0.2, -0.15) is 0 Å². The van der Waals surface area contributed by atoms with Crippen LogP contribution in [0.25, 0.3) is 0 Å². The monoisotopic (exact) mass is 293 g/mol. The molecular formula is C11H14BrClFN. The summed E-state index contributed by atoms with van der Waals surface area (Å²) >= 11 is 9.09. The number of benzene rings is 1. The van der Waals surface area contributed by atoms with E-state index in [9.17, 15) is 4.39 Å². The molecule has 0 aromatic heterocycles. The number of rotatable bonds is 5. The summed E-state index contributed by atoms with van der Waals surface area (Å²) in [5.41, 5.74) is 0.658. The third-order valence-electron chi connectivity index (χ3n) is 2.27. The van der Waals surface area contributed by atoms with Crippen molar-refractivity contribution in [1.29, 1.82) is 0 Å². The predicted octanol–water partition coefficient (Wildman–Crippen LogP) is 3.70.